The van der Waals surface area contributed by atoms with E-state index in [1.165, 1.54) is 0 Å². The molecule has 0 aromatic rings. The summed E-state index contributed by atoms with van der Waals surface area (Å²) < 4.78 is 0. The minimum Gasteiger partial charge on any atom is -0.393 e. The number of thiocarbonyl (C=S) groups is 1. The molecule has 0 aromatic carbocycles. The van der Waals surface area contributed by atoms with Gasteiger partial charge in [0.25, 0.3) is 0 Å². The van der Waals surface area contributed by atoms with Crippen molar-refractivity contribution in [2.24, 2.45) is 23.5 Å². The third-order valence-corrected chi connectivity index (χ3v) is 3.57. The molecule has 0 bridgehead atoms. The van der Waals surface area contributed by atoms with Crippen molar-refractivity contribution in [2.45, 2.75) is 27.2 Å². The monoisotopic (exact) mass is 228 g/mol. The predicted molar refractivity (Wildman–Crippen MR) is 65.5 cm³/mol. The molecule has 1 aliphatic rings. The minimum absolute atomic E-state index is 0.120. The van der Waals surface area contributed by atoms with E-state index in [4.69, 9.17) is 18.0 Å². The van der Waals surface area contributed by atoms with Crippen LogP contribution in [0, 0.1) is 17.8 Å². The van der Waals surface area contributed by atoms with Gasteiger partial charge in [-0.1, -0.05) is 33.0 Å². The summed E-state index contributed by atoms with van der Waals surface area (Å²) in [7, 11) is 0. The Morgan fingerprint density at radius 3 is 2.60 bits per heavy atom. The van der Waals surface area contributed by atoms with Crippen molar-refractivity contribution >= 4 is 23.1 Å². The van der Waals surface area contributed by atoms with E-state index in [0.29, 0.717) is 29.8 Å². The van der Waals surface area contributed by atoms with E-state index in [9.17, 15) is 4.79 Å². The summed E-state index contributed by atoms with van der Waals surface area (Å²) in [4.78, 5) is 14.1. The molecule has 2 atom stereocenters. The lowest BCUT2D eigenvalue weighted by Crippen LogP contribution is -2.35. The molecule has 3 nitrogen and oxygen atoms in total. The first kappa shape index (κ1) is 12.4. The Morgan fingerprint density at radius 2 is 2.20 bits per heavy atom. The first-order valence-electron chi connectivity index (χ1n) is 5.49. The number of hydrogen-bond acceptors (Lipinski definition) is 2. The van der Waals surface area contributed by atoms with Crippen molar-refractivity contribution in [3.8, 4) is 0 Å². The zero-order valence-corrected chi connectivity index (χ0v) is 10.5. The van der Waals surface area contributed by atoms with Crippen molar-refractivity contribution in [3.05, 3.63) is 0 Å². The lowest BCUT2D eigenvalue weighted by molar-refractivity contribution is -0.128. The van der Waals surface area contributed by atoms with Crippen molar-refractivity contribution in [1.82, 2.24) is 4.90 Å². The van der Waals surface area contributed by atoms with Gasteiger partial charge in [-0.05, 0) is 11.8 Å². The maximum absolute atomic E-state index is 11.7. The average Bonchev–Trinajstić information content (AvgIpc) is 2.47. The number of rotatable bonds is 4. The highest BCUT2D eigenvalue weighted by atomic mass is 32.1. The highest BCUT2D eigenvalue weighted by Crippen LogP contribution is 2.25. The zero-order chi connectivity index (χ0) is 11.6. The predicted octanol–water partition coefficient (Wildman–Crippen LogP) is 1.41. The van der Waals surface area contributed by atoms with Gasteiger partial charge in [-0.3, -0.25) is 4.79 Å². The molecule has 0 aliphatic carbocycles. The number of nitrogens with zero attached hydrogens (tertiary/aromatic N) is 1. The molecule has 0 spiro atoms. The van der Waals surface area contributed by atoms with Crippen molar-refractivity contribution in [2.75, 3.05) is 13.1 Å². The second-order valence-corrected chi connectivity index (χ2v) is 5.28. The largest absolute Gasteiger partial charge is 0.393 e. The molecule has 1 aliphatic heterocycles. The van der Waals surface area contributed by atoms with E-state index in [0.717, 1.165) is 6.54 Å². The Morgan fingerprint density at radius 1 is 1.60 bits per heavy atom. The smallest absolute Gasteiger partial charge is 0.222 e. The average molecular weight is 228 g/mol. The van der Waals surface area contributed by atoms with Gasteiger partial charge in [0.2, 0.25) is 5.91 Å². The Hall–Kier alpha value is -0.640. The fraction of sp³-hybridized carbons (Fsp3) is 0.818. The number of hydrogen-bond donors (Lipinski definition) is 1. The van der Waals surface area contributed by atoms with E-state index in [-0.39, 0.29) is 11.8 Å². The van der Waals surface area contributed by atoms with E-state index in [1.54, 1.807) is 0 Å². The van der Waals surface area contributed by atoms with Gasteiger partial charge < -0.3 is 10.6 Å². The molecule has 1 amide bonds. The number of likely N-dealkylation sites (tertiary alicyclic amines) is 1. The van der Waals surface area contributed by atoms with Crippen molar-refractivity contribution in [3.63, 3.8) is 0 Å². The molecular formula is C11H20N2OS. The standard InChI is InChI=1S/C11H20N2OS/c1-7(2)9-4-10(14)13(6-9)5-8(3)11(12)15/h7-9H,4-6H2,1-3H3,(H2,12,15). The van der Waals surface area contributed by atoms with Crippen LogP contribution in [0.15, 0.2) is 0 Å². The Bertz CT molecular complexity index is 265. The topological polar surface area (TPSA) is 46.3 Å². The second-order valence-electron chi connectivity index (χ2n) is 4.81. The first-order valence-corrected chi connectivity index (χ1v) is 5.89. The fourth-order valence-corrected chi connectivity index (χ4v) is 1.92. The van der Waals surface area contributed by atoms with Crippen molar-refractivity contribution in [1.29, 1.82) is 0 Å². The molecule has 0 radical (unpaired) electrons. The van der Waals surface area contributed by atoms with Gasteiger partial charge in [0, 0.05) is 25.4 Å². The zero-order valence-electron chi connectivity index (χ0n) is 9.69. The van der Waals surface area contributed by atoms with Gasteiger partial charge in [0.05, 0.1) is 4.99 Å². The van der Waals surface area contributed by atoms with E-state index in [2.05, 4.69) is 13.8 Å². The second kappa shape index (κ2) is 4.92. The van der Waals surface area contributed by atoms with Crippen LogP contribution < -0.4 is 5.73 Å². The lowest BCUT2D eigenvalue weighted by atomic mass is 9.95. The Kier molecular flexibility index (Phi) is 4.08. The number of amides is 1. The van der Waals surface area contributed by atoms with Crippen LogP contribution in [-0.2, 0) is 4.79 Å². The normalized spacial score (nSPS) is 23.6. The Labute approximate surface area is 97.0 Å². The van der Waals surface area contributed by atoms with Gasteiger partial charge >= 0.3 is 0 Å². The minimum atomic E-state index is 0.120. The van der Waals surface area contributed by atoms with Crippen LogP contribution in [0.25, 0.3) is 0 Å². The molecule has 2 unspecified atom stereocenters. The third kappa shape index (κ3) is 3.16. The molecule has 2 N–H and O–H groups in total. The SMILES string of the molecule is CC(CN1CC(C(C)C)CC1=O)C(N)=S. The number of carbonyl (C=O) groups is 1. The fourth-order valence-electron chi connectivity index (χ4n) is 1.85. The molecule has 1 heterocycles. The summed E-state index contributed by atoms with van der Waals surface area (Å²) in [6.07, 6.45) is 0.682. The van der Waals surface area contributed by atoms with Crippen molar-refractivity contribution < 1.29 is 4.79 Å². The molecular weight excluding hydrogens is 208 g/mol. The number of nitrogens with two attached hydrogens (primary N) is 1. The highest BCUT2D eigenvalue weighted by Gasteiger charge is 2.32. The molecule has 0 aromatic heterocycles. The third-order valence-electron chi connectivity index (χ3n) is 3.17. The van der Waals surface area contributed by atoms with E-state index >= 15 is 0 Å². The van der Waals surface area contributed by atoms with Gasteiger partial charge in [-0.25, -0.2) is 0 Å². The molecule has 15 heavy (non-hydrogen) atoms. The molecule has 0 saturated carbocycles. The Balaban J connectivity index is 2.51. The summed E-state index contributed by atoms with van der Waals surface area (Å²) >= 11 is 4.91. The van der Waals surface area contributed by atoms with Gasteiger partial charge in [-0.15, -0.1) is 0 Å². The van der Waals surface area contributed by atoms with E-state index in [1.807, 2.05) is 11.8 Å². The van der Waals surface area contributed by atoms with Gasteiger partial charge in [0.1, 0.15) is 0 Å². The van der Waals surface area contributed by atoms with Crippen LogP contribution in [0.3, 0.4) is 0 Å². The van der Waals surface area contributed by atoms with Crippen LogP contribution in [0.4, 0.5) is 0 Å². The summed E-state index contributed by atoms with van der Waals surface area (Å²) in [6.45, 7) is 7.84. The summed E-state index contributed by atoms with van der Waals surface area (Å²) in [5.41, 5.74) is 5.55. The molecule has 1 fully saturated rings. The van der Waals surface area contributed by atoms with Crippen LogP contribution >= 0.6 is 12.2 Å². The van der Waals surface area contributed by atoms with Gasteiger partial charge in [0.15, 0.2) is 0 Å². The molecule has 86 valence electrons. The quantitative estimate of drug-likeness (QED) is 0.740. The maximum atomic E-state index is 11.7. The summed E-state index contributed by atoms with van der Waals surface area (Å²) in [5, 5.41) is 0. The van der Waals surface area contributed by atoms with E-state index < -0.39 is 0 Å². The highest BCUT2D eigenvalue weighted by molar-refractivity contribution is 7.80. The lowest BCUT2D eigenvalue weighted by Gasteiger charge is -2.21. The maximum Gasteiger partial charge on any atom is 0.222 e. The number of carbonyl (C=O) groups excluding carboxylic acids is 1. The first-order chi connectivity index (χ1) is 6.91. The molecule has 1 saturated heterocycles. The summed E-state index contributed by atoms with van der Waals surface area (Å²) in [6, 6.07) is 0. The van der Waals surface area contributed by atoms with Crippen LogP contribution in [0.1, 0.15) is 27.2 Å². The van der Waals surface area contributed by atoms with Crippen LogP contribution in [0.5, 0.6) is 0 Å². The summed E-state index contributed by atoms with van der Waals surface area (Å²) in [5.74, 6) is 1.43. The van der Waals surface area contributed by atoms with Crippen LogP contribution in [-0.4, -0.2) is 28.9 Å². The molecule has 4 heteroatoms. The van der Waals surface area contributed by atoms with Crippen LogP contribution in [0.2, 0.25) is 0 Å². The molecule has 1 rings (SSSR count). The van der Waals surface area contributed by atoms with Gasteiger partial charge in [-0.2, -0.15) is 0 Å².